The summed E-state index contributed by atoms with van der Waals surface area (Å²) in [6.07, 6.45) is 4.19. The quantitative estimate of drug-likeness (QED) is 0.858. The third-order valence-electron chi connectivity index (χ3n) is 3.96. The molecule has 1 aromatic carbocycles. The second kappa shape index (κ2) is 8.13. The van der Waals surface area contributed by atoms with Crippen molar-refractivity contribution in [3.8, 4) is 0 Å². The number of hydrogen-bond donors (Lipinski definition) is 1. The van der Waals surface area contributed by atoms with Crippen LogP contribution >= 0.6 is 11.8 Å². The molecule has 2 heterocycles. The summed E-state index contributed by atoms with van der Waals surface area (Å²) in [6.45, 7) is 2.41. The predicted octanol–water partition coefficient (Wildman–Crippen LogP) is 2.74. The maximum Gasteiger partial charge on any atom is 0.224 e. The lowest BCUT2D eigenvalue weighted by Crippen LogP contribution is -2.48. The fourth-order valence-electron chi connectivity index (χ4n) is 2.79. The normalized spacial score (nSPS) is 17.9. The molecule has 2 aromatic rings. The average Bonchev–Trinajstić information content (AvgIpc) is 2.63. The third kappa shape index (κ3) is 4.33. The minimum atomic E-state index is 0.0895. The van der Waals surface area contributed by atoms with Crippen LogP contribution in [0.15, 0.2) is 59.8 Å². The molecule has 1 fully saturated rings. The van der Waals surface area contributed by atoms with Gasteiger partial charge in [0.15, 0.2) is 0 Å². The van der Waals surface area contributed by atoms with Crippen LogP contribution in [0.1, 0.15) is 18.0 Å². The molecule has 5 heteroatoms. The molecule has 1 aliphatic rings. The summed E-state index contributed by atoms with van der Waals surface area (Å²) in [5.41, 5.74) is 1.10. The van der Waals surface area contributed by atoms with E-state index in [1.54, 1.807) is 18.0 Å². The fourth-order valence-corrected chi connectivity index (χ4v) is 3.65. The van der Waals surface area contributed by atoms with E-state index in [0.717, 1.165) is 31.0 Å². The van der Waals surface area contributed by atoms with Crippen molar-refractivity contribution in [2.45, 2.75) is 17.4 Å². The Bertz CT molecular complexity index is 621. The van der Waals surface area contributed by atoms with Crippen LogP contribution in [0, 0.1) is 0 Å². The number of hydrogen-bond acceptors (Lipinski definition) is 4. The van der Waals surface area contributed by atoms with E-state index in [2.05, 4.69) is 22.4 Å². The maximum atomic E-state index is 12.6. The Morgan fingerprint density at radius 3 is 2.91 bits per heavy atom. The predicted molar refractivity (Wildman–Crippen MR) is 93.3 cm³/mol. The first-order chi connectivity index (χ1) is 11.3. The van der Waals surface area contributed by atoms with Crippen molar-refractivity contribution >= 4 is 17.7 Å². The number of amides is 1. The lowest BCUT2D eigenvalue weighted by atomic mass is 10.1. The molecule has 1 unspecified atom stereocenters. The highest BCUT2D eigenvalue weighted by Crippen LogP contribution is 2.24. The summed E-state index contributed by atoms with van der Waals surface area (Å²) in [6, 6.07) is 14.3. The topological polar surface area (TPSA) is 45.2 Å². The van der Waals surface area contributed by atoms with Gasteiger partial charge in [0.05, 0.1) is 6.04 Å². The molecule has 0 bridgehead atoms. The molecule has 1 N–H and O–H groups in total. The summed E-state index contributed by atoms with van der Waals surface area (Å²) in [5.74, 6) is 1.04. The van der Waals surface area contributed by atoms with Crippen molar-refractivity contribution in [1.29, 1.82) is 0 Å². The van der Waals surface area contributed by atoms with Crippen molar-refractivity contribution in [2.75, 3.05) is 25.4 Å². The number of carbonyl (C=O) groups is 1. The standard InChI is InChI=1S/C18H21N3OS/c22-18(8-12-23-16-6-2-1-3-7-16)21-11-10-20-14-17(21)15-5-4-9-19-13-15/h1-7,9,13,17,20H,8,10-12,14H2. The Morgan fingerprint density at radius 2 is 2.13 bits per heavy atom. The molecule has 23 heavy (non-hydrogen) atoms. The SMILES string of the molecule is O=C(CCSc1ccccc1)N1CCNCC1c1cccnc1. The molecular formula is C18H21N3OS. The monoisotopic (exact) mass is 327 g/mol. The molecule has 1 aliphatic heterocycles. The van der Waals surface area contributed by atoms with E-state index in [1.807, 2.05) is 41.4 Å². The number of nitrogens with zero attached hydrogens (tertiary/aromatic N) is 2. The number of rotatable bonds is 5. The highest BCUT2D eigenvalue weighted by atomic mass is 32.2. The van der Waals surface area contributed by atoms with Crippen molar-refractivity contribution in [3.05, 3.63) is 60.4 Å². The zero-order valence-electron chi connectivity index (χ0n) is 13.0. The fraction of sp³-hybridized carbons (Fsp3) is 0.333. The molecule has 4 nitrogen and oxygen atoms in total. The first-order valence-corrected chi connectivity index (χ1v) is 8.91. The van der Waals surface area contributed by atoms with Crippen molar-refractivity contribution in [3.63, 3.8) is 0 Å². The molecule has 1 atom stereocenters. The summed E-state index contributed by atoms with van der Waals surface area (Å²) < 4.78 is 0. The van der Waals surface area contributed by atoms with Crippen LogP contribution in [-0.4, -0.2) is 41.2 Å². The summed E-state index contributed by atoms with van der Waals surface area (Å²) in [4.78, 5) is 20.0. The largest absolute Gasteiger partial charge is 0.333 e. The van der Waals surface area contributed by atoms with Crippen LogP contribution < -0.4 is 5.32 Å². The molecule has 0 saturated carbocycles. The number of aromatic nitrogens is 1. The smallest absolute Gasteiger partial charge is 0.224 e. The van der Waals surface area contributed by atoms with Gasteiger partial charge in [0.1, 0.15) is 0 Å². The number of carbonyl (C=O) groups excluding carboxylic acids is 1. The number of pyridine rings is 1. The second-order valence-electron chi connectivity index (χ2n) is 5.50. The highest BCUT2D eigenvalue weighted by molar-refractivity contribution is 7.99. The highest BCUT2D eigenvalue weighted by Gasteiger charge is 2.27. The van der Waals surface area contributed by atoms with E-state index < -0.39 is 0 Å². The molecule has 120 valence electrons. The number of nitrogens with one attached hydrogen (secondary N) is 1. The molecule has 1 aromatic heterocycles. The minimum absolute atomic E-state index is 0.0895. The van der Waals surface area contributed by atoms with Gasteiger partial charge in [-0.3, -0.25) is 9.78 Å². The van der Waals surface area contributed by atoms with Crippen LogP contribution in [0.3, 0.4) is 0 Å². The van der Waals surface area contributed by atoms with E-state index >= 15 is 0 Å². The first-order valence-electron chi connectivity index (χ1n) is 7.92. The van der Waals surface area contributed by atoms with E-state index in [0.29, 0.717) is 6.42 Å². The zero-order valence-corrected chi connectivity index (χ0v) is 13.8. The first kappa shape index (κ1) is 16.0. The van der Waals surface area contributed by atoms with Gasteiger partial charge >= 0.3 is 0 Å². The molecule has 0 radical (unpaired) electrons. The number of benzene rings is 1. The van der Waals surface area contributed by atoms with Crippen molar-refractivity contribution in [1.82, 2.24) is 15.2 Å². The van der Waals surface area contributed by atoms with Gasteiger partial charge in [-0.15, -0.1) is 11.8 Å². The lowest BCUT2D eigenvalue weighted by molar-refractivity contribution is -0.134. The Balaban J connectivity index is 1.58. The summed E-state index contributed by atoms with van der Waals surface area (Å²) >= 11 is 1.73. The van der Waals surface area contributed by atoms with Crippen molar-refractivity contribution in [2.24, 2.45) is 0 Å². The van der Waals surface area contributed by atoms with E-state index in [9.17, 15) is 4.79 Å². The third-order valence-corrected chi connectivity index (χ3v) is 4.97. The molecule has 1 amide bonds. The van der Waals surface area contributed by atoms with E-state index in [4.69, 9.17) is 0 Å². The van der Waals surface area contributed by atoms with Gasteiger partial charge in [-0.1, -0.05) is 24.3 Å². The summed E-state index contributed by atoms with van der Waals surface area (Å²) in [5, 5.41) is 3.37. The van der Waals surface area contributed by atoms with Gasteiger partial charge in [0, 0.05) is 49.1 Å². The molecule has 1 saturated heterocycles. The van der Waals surface area contributed by atoms with Gasteiger partial charge in [-0.2, -0.15) is 0 Å². The molecule has 3 rings (SSSR count). The van der Waals surface area contributed by atoms with Crippen LogP contribution in [0.4, 0.5) is 0 Å². The Morgan fingerprint density at radius 1 is 1.26 bits per heavy atom. The van der Waals surface area contributed by atoms with E-state index in [1.165, 1.54) is 4.90 Å². The average molecular weight is 327 g/mol. The van der Waals surface area contributed by atoms with Crippen LogP contribution in [0.2, 0.25) is 0 Å². The molecular weight excluding hydrogens is 306 g/mol. The zero-order chi connectivity index (χ0) is 15.9. The van der Waals surface area contributed by atoms with E-state index in [-0.39, 0.29) is 11.9 Å². The number of piperazine rings is 1. The number of thioether (sulfide) groups is 1. The van der Waals surface area contributed by atoms with Crippen LogP contribution in [0.5, 0.6) is 0 Å². The van der Waals surface area contributed by atoms with Crippen LogP contribution in [0.25, 0.3) is 0 Å². The Kier molecular flexibility index (Phi) is 5.66. The minimum Gasteiger partial charge on any atom is -0.333 e. The van der Waals surface area contributed by atoms with Gasteiger partial charge < -0.3 is 10.2 Å². The Hall–Kier alpha value is -1.85. The lowest BCUT2D eigenvalue weighted by Gasteiger charge is -2.36. The molecule has 0 aliphatic carbocycles. The maximum absolute atomic E-state index is 12.6. The van der Waals surface area contributed by atoms with Gasteiger partial charge in [-0.05, 0) is 23.8 Å². The molecule has 0 spiro atoms. The van der Waals surface area contributed by atoms with Gasteiger partial charge in [-0.25, -0.2) is 0 Å². The van der Waals surface area contributed by atoms with Gasteiger partial charge in [0.25, 0.3) is 0 Å². The van der Waals surface area contributed by atoms with Crippen LogP contribution in [-0.2, 0) is 4.79 Å². The van der Waals surface area contributed by atoms with Gasteiger partial charge in [0.2, 0.25) is 5.91 Å². The Labute approximate surface area is 141 Å². The van der Waals surface area contributed by atoms with Crippen molar-refractivity contribution < 1.29 is 4.79 Å². The second-order valence-corrected chi connectivity index (χ2v) is 6.67. The summed E-state index contributed by atoms with van der Waals surface area (Å²) in [7, 11) is 0.